The lowest BCUT2D eigenvalue weighted by Crippen LogP contribution is -2.56. The molecular formula is C26H43ClN2O2S. The van der Waals surface area contributed by atoms with Gasteiger partial charge in [0.25, 0.3) is 0 Å². The fourth-order valence-electron chi connectivity index (χ4n) is 6.47. The monoisotopic (exact) mass is 482 g/mol. The van der Waals surface area contributed by atoms with Crippen LogP contribution in [-0.4, -0.2) is 37.4 Å². The van der Waals surface area contributed by atoms with E-state index in [-0.39, 0.29) is 17.5 Å². The van der Waals surface area contributed by atoms with Gasteiger partial charge in [0.1, 0.15) is 5.50 Å². The molecule has 0 saturated heterocycles. The van der Waals surface area contributed by atoms with Gasteiger partial charge < -0.3 is 5.32 Å². The van der Waals surface area contributed by atoms with Crippen LogP contribution in [0.4, 0.5) is 0 Å². The van der Waals surface area contributed by atoms with E-state index in [0.29, 0.717) is 35.0 Å². The molecule has 0 radical (unpaired) electrons. The number of rotatable bonds is 7. The van der Waals surface area contributed by atoms with Crippen molar-refractivity contribution in [2.75, 3.05) is 7.05 Å². The average molecular weight is 483 g/mol. The van der Waals surface area contributed by atoms with E-state index >= 15 is 0 Å². The Labute approximate surface area is 201 Å². The largest absolute Gasteiger partial charge is 0.315 e. The van der Waals surface area contributed by atoms with E-state index < -0.39 is 15.5 Å². The number of sulfonamides is 1. The molecule has 3 rings (SSSR count). The van der Waals surface area contributed by atoms with Gasteiger partial charge in [-0.05, 0) is 74.5 Å². The molecule has 1 aromatic carbocycles. The van der Waals surface area contributed by atoms with E-state index in [1.54, 1.807) is 16.4 Å². The summed E-state index contributed by atoms with van der Waals surface area (Å²) >= 11 is 7.18. The molecule has 2 aliphatic carbocycles. The van der Waals surface area contributed by atoms with Crippen LogP contribution >= 0.6 is 11.6 Å². The number of halogens is 1. The molecule has 8 atom stereocenters. The molecule has 1 N–H and O–H groups in total. The molecule has 32 heavy (non-hydrogen) atoms. The lowest BCUT2D eigenvalue weighted by molar-refractivity contribution is 0.106. The number of nitrogens with one attached hydrogen (secondary N) is 1. The highest BCUT2D eigenvalue weighted by Gasteiger charge is 2.52. The van der Waals surface area contributed by atoms with E-state index in [1.807, 2.05) is 26.1 Å². The number of alkyl halides is 1. The third-order valence-corrected chi connectivity index (χ3v) is 11.8. The molecule has 0 heterocycles. The standard InChI is InChI=1S/C26H43ClN2O2S/c1-17-12-14-22(15-13-17)32(30,31)29(24-11-9-8-10-23(24)28-7)25(27)16-26(6)20(4)18(2)19(3)21(26)5/h12-15,18-21,23-25,28H,8-11,16H2,1-7H3/t18?,19?,20-,21+,23-,24-,25-,26?/m0/s1. The van der Waals surface area contributed by atoms with Gasteiger partial charge in [-0.3, -0.25) is 0 Å². The summed E-state index contributed by atoms with van der Waals surface area (Å²) in [5, 5.41) is 3.39. The zero-order valence-electron chi connectivity index (χ0n) is 20.9. The molecular weight excluding hydrogens is 440 g/mol. The summed E-state index contributed by atoms with van der Waals surface area (Å²) < 4.78 is 29.7. The summed E-state index contributed by atoms with van der Waals surface area (Å²) in [6, 6.07) is 7.19. The van der Waals surface area contributed by atoms with Crippen molar-refractivity contribution < 1.29 is 8.42 Å². The van der Waals surface area contributed by atoms with Gasteiger partial charge >= 0.3 is 0 Å². The maximum Gasteiger partial charge on any atom is 0.244 e. The molecule has 3 unspecified atom stereocenters. The predicted octanol–water partition coefficient (Wildman–Crippen LogP) is 6.04. The Hall–Kier alpha value is -0.620. The zero-order valence-corrected chi connectivity index (χ0v) is 22.5. The summed E-state index contributed by atoms with van der Waals surface area (Å²) in [5.41, 5.74) is 0.469. The number of benzene rings is 1. The van der Waals surface area contributed by atoms with E-state index in [0.717, 1.165) is 31.2 Å². The van der Waals surface area contributed by atoms with Crippen LogP contribution in [0.25, 0.3) is 0 Å². The molecule has 0 amide bonds. The molecule has 1 aromatic rings. The minimum Gasteiger partial charge on any atom is -0.315 e. The highest BCUT2D eigenvalue weighted by atomic mass is 35.5. The highest BCUT2D eigenvalue weighted by Crippen LogP contribution is 2.57. The third kappa shape index (κ3) is 4.64. The second-order valence-electron chi connectivity index (χ2n) is 10.8. The number of aryl methyl sites for hydroxylation is 1. The van der Waals surface area contributed by atoms with Crippen LogP contribution < -0.4 is 5.32 Å². The van der Waals surface area contributed by atoms with E-state index in [4.69, 9.17) is 11.6 Å². The van der Waals surface area contributed by atoms with Gasteiger partial charge in [0.15, 0.2) is 0 Å². The second-order valence-corrected chi connectivity index (χ2v) is 13.2. The number of likely N-dealkylation sites (N-methyl/N-ethyl adjacent to an activating group) is 1. The topological polar surface area (TPSA) is 49.4 Å². The summed E-state index contributed by atoms with van der Waals surface area (Å²) in [4.78, 5) is 0.341. The lowest BCUT2D eigenvalue weighted by atomic mass is 9.71. The Bertz CT molecular complexity index is 858. The summed E-state index contributed by atoms with van der Waals surface area (Å²) in [6.45, 7) is 13.6. The minimum atomic E-state index is -3.73. The van der Waals surface area contributed by atoms with Gasteiger partial charge in [-0.2, -0.15) is 4.31 Å². The Kier molecular flexibility index (Phi) is 8.07. The molecule has 182 valence electrons. The van der Waals surface area contributed by atoms with Gasteiger partial charge in [0.05, 0.1) is 4.90 Å². The Morgan fingerprint density at radius 3 is 2.12 bits per heavy atom. The van der Waals surface area contributed by atoms with E-state index in [1.165, 1.54) is 0 Å². The first-order chi connectivity index (χ1) is 14.9. The number of nitrogens with zero attached hydrogens (tertiary/aromatic N) is 1. The van der Waals surface area contributed by atoms with Crippen LogP contribution in [0, 0.1) is 36.0 Å². The normalized spacial score (nSPS) is 37.0. The molecule has 0 bridgehead atoms. The first kappa shape index (κ1) is 26.0. The molecule has 2 saturated carbocycles. The van der Waals surface area contributed by atoms with Crippen molar-refractivity contribution in [3.05, 3.63) is 29.8 Å². The minimum absolute atomic E-state index is 0.00387. The van der Waals surface area contributed by atoms with E-state index in [2.05, 4.69) is 39.9 Å². The third-order valence-electron chi connectivity index (χ3n) is 9.40. The number of hydrogen-bond donors (Lipinski definition) is 1. The van der Waals surface area contributed by atoms with Crippen LogP contribution in [-0.2, 0) is 10.0 Å². The van der Waals surface area contributed by atoms with E-state index in [9.17, 15) is 8.42 Å². The van der Waals surface area contributed by atoms with Gasteiger partial charge in [-0.1, -0.05) is 65.2 Å². The van der Waals surface area contributed by atoms with Crippen molar-refractivity contribution in [2.24, 2.45) is 29.1 Å². The van der Waals surface area contributed by atoms with Crippen molar-refractivity contribution in [3.63, 3.8) is 0 Å². The van der Waals surface area contributed by atoms with Crippen molar-refractivity contribution >= 4 is 21.6 Å². The Morgan fingerprint density at radius 2 is 1.59 bits per heavy atom. The fraction of sp³-hybridized carbons (Fsp3) is 0.769. The van der Waals surface area contributed by atoms with Crippen LogP contribution in [0.15, 0.2) is 29.2 Å². The van der Waals surface area contributed by atoms with Crippen LogP contribution in [0.3, 0.4) is 0 Å². The molecule has 4 nitrogen and oxygen atoms in total. The fourth-order valence-corrected chi connectivity index (χ4v) is 8.97. The SMILES string of the molecule is CN[C@H]1CCCC[C@@H]1N([C@H](Cl)CC1(C)[C@H](C)C(C)C(C)[C@@H]1C)S(=O)(=O)c1ccc(C)cc1. The van der Waals surface area contributed by atoms with Crippen molar-refractivity contribution in [3.8, 4) is 0 Å². The number of hydrogen-bond acceptors (Lipinski definition) is 3. The predicted molar refractivity (Wildman–Crippen MR) is 134 cm³/mol. The van der Waals surface area contributed by atoms with Gasteiger partial charge in [-0.15, -0.1) is 11.6 Å². The summed E-state index contributed by atoms with van der Waals surface area (Å²) in [7, 11) is -1.79. The summed E-state index contributed by atoms with van der Waals surface area (Å²) in [6.07, 6.45) is 4.64. The summed E-state index contributed by atoms with van der Waals surface area (Å²) in [5.74, 6) is 2.18. The molecule has 0 spiro atoms. The smallest absolute Gasteiger partial charge is 0.244 e. The lowest BCUT2D eigenvalue weighted by Gasteiger charge is -2.44. The van der Waals surface area contributed by atoms with Crippen molar-refractivity contribution in [1.29, 1.82) is 0 Å². The molecule has 0 aromatic heterocycles. The average Bonchev–Trinajstić information content (AvgIpc) is 2.90. The maximum absolute atomic E-state index is 14.0. The first-order valence-corrected chi connectivity index (χ1v) is 14.2. The van der Waals surface area contributed by atoms with Crippen LogP contribution in [0.1, 0.15) is 72.3 Å². The Balaban J connectivity index is 2.01. The van der Waals surface area contributed by atoms with Gasteiger partial charge in [0, 0.05) is 12.1 Å². The quantitative estimate of drug-likeness (QED) is 0.381. The van der Waals surface area contributed by atoms with Crippen molar-refractivity contribution in [2.45, 2.75) is 96.1 Å². The Morgan fingerprint density at radius 1 is 1.06 bits per heavy atom. The van der Waals surface area contributed by atoms with Gasteiger partial charge in [0.2, 0.25) is 10.0 Å². The molecule has 0 aliphatic heterocycles. The molecule has 6 heteroatoms. The molecule has 2 aliphatic rings. The van der Waals surface area contributed by atoms with Crippen molar-refractivity contribution in [1.82, 2.24) is 9.62 Å². The maximum atomic E-state index is 14.0. The van der Waals surface area contributed by atoms with Crippen LogP contribution in [0.5, 0.6) is 0 Å². The zero-order chi connectivity index (χ0) is 23.8. The second kappa shape index (κ2) is 9.93. The highest BCUT2D eigenvalue weighted by molar-refractivity contribution is 7.89. The molecule has 2 fully saturated rings. The van der Waals surface area contributed by atoms with Crippen LogP contribution in [0.2, 0.25) is 0 Å². The van der Waals surface area contributed by atoms with Gasteiger partial charge in [-0.25, -0.2) is 8.42 Å². The first-order valence-electron chi connectivity index (χ1n) is 12.4.